The molecule has 0 unspecified atom stereocenters. The molecule has 2 rings (SSSR count). The van der Waals surface area contributed by atoms with Gasteiger partial charge in [0.25, 0.3) is 0 Å². The zero-order chi connectivity index (χ0) is 17.0. The highest BCUT2D eigenvalue weighted by molar-refractivity contribution is 7.89. The molecule has 5 nitrogen and oxygen atoms in total. The Morgan fingerprint density at radius 1 is 1.22 bits per heavy atom. The molecule has 0 aliphatic carbocycles. The summed E-state index contributed by atoms with van der Waals surface area (Å²) >= 11 is 5.80. The molecular weight excluding hydrogens is 345 g/mol. The van der Waals surface area contributed by atoms with Gasteiger partial charge >= 0.3 is 0 Å². The third kappa shape index (κ3) is 4.28. The summed E-state index contributed by atoms with van der Waals surface area (Å²) in [6.07, 6.45) is 0. The minimum atomic E-state index is -3.99. The number of sulfonamides is 1. The van der Waals surface area contributed by atoms with E-state index < -0.39 is 28.2 Å². The molecule has 1 N–H and O–H groups in total. The van der Waals surface area contributed by atoms with Gasteiger partial charge in [0.1, 0.15) is 16.5 Å². The van der Waals surface area contributed by atoms with E-state index in [9.17, 15) is 17.6 Å². The minimum absolute atomic E-state index is 0.108. The van der Waals surface area contributed by atoms with Gasteiger partial charge in [-0.25, -0.2) is 17.5 Å². The first-order chi connectivity index (χ1) is 10.8. The van der Waals surface area contributed by atoms with E-state index in [0.717, 1.165) is 12.1 Å². The molecule has 0 aliphatic rings. The van der Waals surface area contributed by atoms with E-state index in [4.69, 9.17) is 16.3 Å². The van der Waals surface area contributed by atoms with Gasteiger partial charge in [-0.2, -0.15) is 0 Å². The summed E-state index contributed by atoms with van der Waals surface area (Å²) in [4.78, 5) is 11.8. The number of carbonyl (C=O) groups excluding carboxylic acids is 1. The maximum Gasteiger partial charge on any atom is 0.244 e. The van der Waals surface area contributed by atoms with Crippen LogP contribution in [0.5, 0.6) is 5.75 Å². The van der Waals surface area contributed by atoms with E-state index in [1.807, 2.05) is 0 Å². The summed E-state index contributed by atoms with van der Waals surface area (Å²) in [5.41, 5.74) is 0.201. The molecule has 0 spiro atoms. The van der Waals surface area contributed by atoms with Crippen molar-refractivity contribution in [1.82, 2.24) is 4.72 Å². The second kappa shape index (κ2) is 7.08. The summed E-state index contributed by atoms with van der Waals surface area (Å²) in [6.45, 7) is -0.469. The van der Waals surface area contributed by atoms with E-state index in [1.165, 1.54) is 37.4 Å². The van der Waals surface area contributed by atoms with Crippen molar-refractivity contribution in [2.75, 3.05) is 13.7 Å². The van der Waals surface area contributed by atoms with E-state index >= 15 is 0 Å². The number of ketones is 1. The predicted molar refractivity (Wildman–Crippen MR) is 83.9 cm³/mol. The van der Waals surface area contributed by atoms with E-state index in [-0.39, 0.29) is 21.2 Å². The molecule has 0 heterocycles. The van der Waals surface area contributed by atoms with Gasteiger partial charge in [-0.15, -0.1) is 0 Å². The van der Waals surface area contributed by atoms with Crippen LogP contribution in [-0.2, 0) is 10.0 Å². The summed E-state index contributed by atoms with van der Waals surface area (Å²) in [5.74, 6) is -0.864. The van der Waals surface area contributed by atoms with Crippen molar-refractivity contribution in [1.29, 1.82) is 0 Å². The largest absolute Gasteiger partial charge is 0.495 e. The number of nitrogens with one attached hydrogen (secondary N) is 1. The number of benzene rings is 2. The van der Waals surface area contributed by atoms with Crippen LogP contribution in [0.4, 0.5) is 4.39 Å². The molecule has 0 radical (unpaired) electrons. The Hall–Kier alpha value is -1.96. The highest BCUT2D eigenvalue weighted by Crippen LogP contribution is 2.26. The lowest BCUT2D eigenvalue weighted by molar-refractivity contribution is 0.0997. The summed E-state index contributed by atoms with van der Waals surface area (Å²) in [7, 11) is -2.67. The number of Topliss-reactive ketones (excluding diaryl/α,β-unsaturated/α-hetero) is 1. The van der Waals surface area contributed by atoms with Crippen LogP contribution in [0.25, 0.3) is 0 Å². The van der Waals surface area contributed by atoms with Crippen molar-refractivity contribution >= 4 is 27.4 Å². The molecule has 2 aromatic rings. The Bertz CT molecular complexity index is 822. The van der Waals surface area contributed by atoms with Crippen LogP contribution >= 0.6 is 11.6 Å². The maximum atomic E-state index is 12.8. The molecule has 0 saturated carbocycles. The molecule has 0 amide bonds. The quantitative estimate of drug-likeness (QED) is 0.807. The fraction of sp³-hybridized carbons (Fsp3) is 0.133. The lowest BCUT2D eigenvalue weighted by atomic mass is 10.1. The van der Waals surface area contributed by atoms with Crippen molar-refractivity contribution in [3.05, 3.63) is 58.9 Å². The van der Waals surface area contributed by atoms with Crippen LogP contribution in [0.15, 0.2) is 47.4 Å². The zero-order valence-corrected chi connectivity index (χ0v) is 13.6. The summed E-state index contributed by atoms with van der Waals surface area (Å²) in [6, 6.07) is 8.95. The molecule has 23 heavy (non-hydrogen) atoms. The van der Waals surface area contributed by atoms with Crippen molar-refractivity contribution < 1.29 is 22.3 Å². The van der Waals surface area contributed by atoms with Gasteiger partial charge in [-0.05, 0) is 42.5 Å². The van der Waals surface area contributed by atoms with Gasteiger partial charge < -0.3 is 4.74 Å². The number of methoxy groups -OCH3 is 1. The smallest absolute Gasteiger partial charge is 0.244 e. The normalized spacial score (nSPS) is 11.3. The number of ether oxygens (including phenoxy) is 1. The molecule has 0 atom stereocenters. The molecule has 0 saturated heterocycles. The third-order valence-electron chi connectivity index (χ3n) is 3.00. The van der Waals surface area contributed by atoms with Crippen LogP contribution < -0.4 is 9.46 Å². The number of rotatable bonds is 6. The van der Waals surface area contributed by atoms with Crippen molar-refractivity contribution in [2.45, 2.75) is 4.90 Å². The Kier molecular flexibility index (Phi) is 5.35. The number of carbonyl (C=O) groups is 1. The molecule has 8 heteroatoms. The summed E-state index contributed by atoms with van der Waals surface area (Å²) in [5, 5.41) is 0.219. The third-order valence-corrected chi connectivity index (χ3v) is 4.66. The fourth-order valence-corrected chi connectivity index (χ4v) is 3.25. The second-order valence-electron chi connectivity index (χ2n) is 4.55. The van der Waals surface area contributed by atoms with Gasteiger partial charge in [0.05, 0.1) is 13.7 Å². The first-order valence-electron chi connectivity index (χ1n) is 6.45. The van der Waals surface area contributed by atoms with Gasteiger partial charge in [0.15, 0.2) is 5.78 Å². The van der Waals surface area contributed by atoms with Crippen molar-refractivity contribution in [3.63, 3.8) is 0 Å². The Morgan fingerprint density at radius 2 is 1.87 bits per heavy atom. The van der Waals surface area contributed by atoms with Crippen LogP contribution in [0, 0.1) is 5.82 Å². The van der Waals surface area contributed by atoms with Gasteiger partial charge in [-0.1, -0.05) is 11.6 Å². The Morgan fingerprint density at radius 3 is 2.48 bits per heavy atom. The van der Waals surface area contributed by atoms with E-state index in [2.05, 4.69) is 4.72 Å². The highest BCUT2D eigenvalue weighted by Gasteiger charge is 2.21. The van der Waals surface area contributed by atoms with E-state index in [1.54, 1.807) is 0 Å². The molecule has 0 fully saturated rings. The molecule has 2 aromatic carbocycles. The average Bonchev–Trinajstić information content (AvgIpc) is 2.53. The Balaban J connectivity index is 2.17. The second-order valence-corrected chi connectivity index (χ2v) is 6.72. The molecular formula is C15H13ClFNO4S. The number of hydrogen-bond acceptors (Lipinski definition) is 4. The van der Waals surface area contributed by atoms with Crippen LogP contribution in [0.2, 0.25) is 5.02 Å². The fourth-order valence-electron chi connectivity index (χ4n) is 1.84. The monoisotopic (exact) mass is 357 g/mol. The van der Waals surface area contributed by atoms with Crippen molar-refractivity contribution in [3.8, 4) is 5.75 Å². The van der Waals surface area contributed by atoms with Crippen molar-refractivity contribution in [2.24, 2.45) is 0 Å². The number of halogens is 2. The highest BCUT2D eigenvalue weighted by atomic mass is 35.5. The molecule has 0 aromatic heterocycles. The van der Waals surface area contributed by atoms with Gasteiger partial charge in [0.2, 0.25) is 10.0 Å². The minimum Gasteiger partial charge on any atom is -0.495 e. The standard InChI is InChI=1S/C15H13ClFNO4S/c1-22-14-7-4-11(16)8-15(14)23(20,21)18-9-13(19)10-2-5-12(17)6-3-10/h2-8,18H,9H2,1H3. The van der Waals surface area contributed by atoms with Crippen LogP contribution in [0.3, 0.4) is 0 Å². The summed E-state index contributed by atoms with van der Waals surface area (Å²) < 4.78 is 44.6. The Labute approximate surface area is 138 Å². The molecule has 122 valence electrons. The molecule has 0 bridgehead atoms. The topological polar surface area (TPSA) is 72.5 Å². The average molecular weight is 358 g/mol. The molecule has 0 aliphatic heterocycles. The maximum absolute atomic E-state index is 12.8. The predicted octanol–water partition coefficient (Wildman–Crippen LogP) is 2.65. The first kappa shape index (κ1) is 17.4. The van der Waals surface area contributed by atoms with Gasteiger partial charge in [0, 0.05) is 10.6 Å². The first-order valence-corrected chi connectivity index (χ1v) is 8.31. The van der Waals surface area contributed by atoms with Crippen LogP contribution in [-0.4, -0.2) is 27.9 Å². The van der Waals surface area contributed by atoms with E-state index in [0.29, 0.717) is 0 Å². The zero-order valence-electron chi connectivity index (χ0n) is 12.0. The SMILES string of the molecule is COc1ccc(Cl)cc1S(=O)(=O)NCC(=O)c1ccc(F)cc1. The lowest BCUT2D eigenvalue weighted by Gasteiger charge is -2.10. The van der Waals surface area contributed by atoms with Crippen LogP contribution in [0.1, 0.15) is 10.4 Å². The number of hydrogen-bond donors (Lipinski definition) is 1. The lowest BCUT2D eigenvalue weighted by Crippen LogP contribution is -2.30. The van der Waals surface area contributed by atoms with Gasteiger partial charge in [-0.3, -0.25) is 4.79 Å².